The molecule has 0 amide bonds. The summed E-state index contributed by atoms with van der Waals surface area (Å²) in [6, 6.07) is 0. The molecular weight excluding hydrogens is 248 g/mol. The van der Waals surface area contributed by atoms with Gasteiger partial charge in [-0.15, -0.1) is 0 Å². The van der Waals surface area contributed by atoms with E-state index in [0.717, 1.165) is 30.0 Å². The summed E-state index contributed by atoms with van der Waals surface area (Å²) in [5.74, 6) is -3.28. The van der Waals surface area contributed by atoms with E-state index in [1.807, 2.05) is 0 Å². The first-order valence-electron chi connectivity index (χ1n) is 6.23. The number of rotatable bonds is 2. The third kappa shape index (κ3) is 2.62. The molecule has 3 nitrogen and oxygen atoms in total. The second-order valence-corrected chi connectivity index (χ2v) is 7.17. The van der Waals surface area contributed by atoms with Crippen LogP contribution in [0.5, 0.6) is 0 Å². The Balaban J connectivity index is 1.98. The van der Waals surface area contributed by atoms with Crippen LogP contribution in [0, 0.1) is 5.41 Å². The van der Waals surface area contributed by atoms with Gasteiger partial charge in [0.15, 0.2) is 0 Å². The molecule has 0 aromatic heterocycles. The minimum absolute atomic E-state index is 0.242. The van der Waals surface area contributed by atoms with Gasteiger partial charge < -0.3 is 0 Å². The predicted molar refractivity (Wildman–Crippen MR) is 61.2 cm³/mol. The van der Waals surface area contributed by atoms with E-state index < -0.39 is 15.8 Å². The van der Waals surface area contributed by atoms with Gasteiger partial charge in [0.05, 0.1) is 0 Å². The topological polar surface area (TPSA) is 37.4 Å². The van der Waals surface area contributed by atoms with E-state index in [9.17, 15) is 17.2 Å². The first-order valence-corrected chi connectivity index (χ1v) is 7.74. The summed E-state index contributed by atoms with van der Waals surface area (Å²) in [5.41, 5.74) is 0.242. The maximum absolute atomic E-state index is 12.4. The molecule has 17 heavy (non-hydrogen) atoms. The van der Waals surface area contributed by atoms with Crippen LogP contribution >= 0.6 is 0 Å². The highest BCUT2D eigenvalue weighted by atomic mass is 32.2. The molecule has 100 valence electrons. The molecule has 1 heterocycles. The summed E-state index contributed by atoms with van der Waals surface area (Å²) in [5, 5.41) is 0. The van der Waals surface area contributed by atoms with Gasteiger partial charge in [0.1, 0.15) is 0 Å². The van der Waals surface area contributed by atoms with Crippen LogP contribution in [0.15, 0.2) is 0 Å². The van der Waals surface area contributed by atoms with E-state index in [1.54, 1.807) is 0 Å². The normalized spacial score (nSPS) is 26.5. The molecule has 2 aliphatic rings. The van der Waals surface area contributed by atoms with Crippen molar-refractivity contribution >= 4 is 10.0 Å². The Kier molecular flexibility index (Phi) is 3.73. The SMILES string of the molecule is O=S(=O)(C(F)F)N1CCC2(CCCCC2)CC1. The summed E-state index contributed by atoms with van der Waals surface area (Å²) in [7, 11) is -4.36. The monoisotopic (exact) mass is 267 g/mol. The summed E-state index contributed by atoms with van der Waals surface area (Å²) < 4.78 is 48.4. The van der Waals surface area contributed by atoms with Crippen LogP contribution in [0.3, 0.4) is 0 Å². The molecule has 1 saturated heterocycles. The maximum Gasteiger partial charge on any atom is 0.350 e. The van der Waals surface area contributed by atoms with Crippen LogP contribution in [0.4, 0.5) is 8.78 Å². The lowest BCUT2D eigenvalue weighted by Crippen LogP contribution is -2.45. The number of piperidine rings is 1. The van der Waals surface area contributed by atoms with E-state index in [2.05, 4.69) is 0 Å². The van der Waals surface area contributed by atoms with Crippen LogP contribution in [-0.4, -0.2) is 31.6 Å². The van der Waals surface area contributed by atoms with Gasteiger partial charge in [-0.3, -0.25) is 0 Å². The Bertz CT molecular complexity index is 354. The molecule has 0 bridgehead atoms. The van der Waals surface area contributed by atoms with Gasteiger partial charge in [0.25, 0.3) is 10.0 Å². The zero-order valence-electron chi connectivity index (χ0n) is 9.87. The Morgan fingerprint density at radius 3 is 1.94 bits per heavy atom. The fraction of sp³-hybridized carbons (Fsp3) is 1.00. The molecule has 2 rings (SSSR count). The minimum atomic E-state index is -4.36. The molecule has 0 radical (unpaired) electrons. The van der Waals surface area contributed by atoms with E-state index >= 15 is 0 Å². The summed E-state index contributed by atoms with van der Waals surface area (Å²) in [4.78, 5) is 0. The van der Waals surface area contributed by atoms with Crippen molar-refractivity contribution in [3.8, 4) is 0 Å². The van der Waals surface area contributed by atoms with E-state index in [0.29, 0.717) is 0 Å². The van der Waals surface area contributed by atoms with Crippen molar-refractivity contribution in [1.29, 1.82) is 0 Å². The van der Waals surface area contributed by atoms with Crippen molar-refractivity contribution in [1.82, 2.24) is 4.31 Å². The summed E-state index contributed by atoms with van der Waals surface area (Å²) in [6.45, 7) is 0.541. The molecule has 1 aliphatic carbocycles. The van der Waals surface area contributed by atoms with Crippen LogP contribution in [0.25, 0.3) is 0 Å². The van der Waals surface area contributed by atoms with Crippen LogP contribution < -0.4 is 0 Å². The number of alkyl halides is 2. The largest absolute Gasteiger partial charge is 0.350 e. The third-order valence-electron chi connectivity index (χ3n) is 4.28. The molecule has 1 saturated carbocycles. The number of hydrogen-bond acceptors (Lipinski definition) is 2. The quantitative estimate of drug-likeness (QED) is 0.771. The van der Waals surface area contributed by atoms with Crippen LogP contribution in [-0.2, 0) is 10.0 Å². The molecule has 0 aromatic carbocycles. The van der Waals surface area contributed by atoms with E-state index in [1.165, 1.54) is 19.3 Å². The molecule has 0 N–H and O–H groups in total. The smallest absolute Gasteiger partial charge is 0.206 e. The van der Waals surface area contributed by atoms with Crippen molar-refractivity contribution in [3.63, 3.8) is 0 Å². The standard InChI is InChI=1S/C11H19F2NO2S/c12-10(13)17(15,16)14-8-6-11(7-9-14)4-2-1-3-5-11/h10H,1-9H2. The lowest BCUT2D eigenvalue weighted by Gasteiger charge is -2.43. The average molecular weight is 267 g/mol. The predicted octanol–water partition coefficient (Wildman–Crippen LogP) is 2.59. The molecule has 1 aliphatic heterocycles. The molecule has 0 aromatic rings. The zero-order chi connectivity index (χ0) is 12.5. The first-order chi connectivity index (χ1) is 7.96. The van der Waals surface area contributed by atoms with Gasteiger partial charge in [0.2, 0.25) is 0 Å². The van der Waals surface area contributed by atoms with E-state index in [-0.39, 0.29) is 18.5 Å². The highest BCUT2D eigenvalue weighted by Crippen LogP contribution is 2.45. The molecule has 0 atom stereocenters. The Morgan fingerprint density at radius 2 is 1.47 bits per heavy atom. The van der Waals surface area contributed by atoms with Gasteiger partial charge in [-0.25, -0.2) is 8.42 Å². The second-order valence-electron chi connectivity index (χ2n) is 5.27. The van der Waals surface area contributed by atoms with Crippen molar-refractivity contribution in [2.75, 3.05) is 13.1 Å². The first kappa shape index (κ1) is 13.2. The lowest BCUT2D eigenvalue weighted by atomic mass is 9.68. The van der Waals surface area contributed by atoms with Crippen molar-refractivity contribution in [2.45, 2.75) is 50.7 Å². The minimum Gasteiger partial charge on any atom is -0.206 e. The van der Waals surface area contributed by atoms with Crippen molar-refractivity contribution in [3.05, 3.63) is 0 Å². The Labute approximate surface area is 101 Å². The zero-order valence-corrected chi connectivity index (χ0v) is 10.7. The van der Waals surface area contributed by atoms with Crippen molar-refractivity contribution < 1.29 is 17.2 Å². The fourth-order valence-corrected chi connectivity index (χ4v) is 4.05. The van der Waals surface area contributed by atoms with Crippen molar-refractivity contribution in [2.24, 2.45) is 5.41 Å². The summed E-state index contributed by atoms with van der Waals surface area (Å²) >= 11 is 0. The van der Waals surface area contributed by atoms with Gasteiger partial charge in [-0.2, -0.15) is 13.1 Å². The van der Waals surface area contributed by atoms with Gasteiger partial charge in [-0.05, 0) is 31.1 Å². The molecule has 6 heteroatoms. The molecule has 2 fully saturated rings. The van der Waals surface area contributed by atoms with Gasteiger partial charge in [-0.1, -0.05) is 19.3 Å². The third-order valence-corrected chi connectivity index (χ3v) is 5.82. The van der Waals surface area contributed by atoms with Crippen LogP contribution in [0.1, 0.15) is 44.9 Å². The lowest BCUT2D eigenvalue weighted by molar-refractivity contribution is 0.0977. The second kappa shape index (κ2) is 4.80. The Hall–Kier alpha value is -0.230. The Morgan fingerprint density at radius 1 is 0.941 bits per heavy atom. The number of nitrogens with zero attached hydrogens (tertiary/aromatic N) is 1. The number of halogens is 2. The fourth-order valence-electron chi connectivity index (χ4n) is 3.13. The molecule has 0 unspecified atom stereocenters. The number of sulfonamides is 1. The summed E-state index contributed by atoms with van der Waals surface area (Å²) in [6.07, 6.45) is 7.41. The average Bonchev–Trinajstić information content (AvgIpc) is 2.30. The molecule has 1 spiro atoms. The van der Waals surface area contributed by atoms with Crippen LogP contribution in [0.2, 0.25) is 0 Å². The van der Waals surface area contributed by atoms with Gasteiger partial charge in [0, 0.05) is 13.1 Å². The molecular formula is C11H19F2NO2S. The highest BCUT2D eigenvalue weighted by molar-refractivity contribution is 7.89. The number of hydrogen-bond donors (Lipinski definition) is 0. The maximum atomic E-state index is 12.4. The highest BCUT2D eigenvalue weighted by Gasteiger charge is 2.41. The van der Waals surface area contributed by atoms with Gasteiger partial charge >= 0.3 is 5.76 Å². The van der Waals surface area contributed by atoms with E-state index in [4.69, 9.17) is 0 Å².